The summed E-state index contributed by atoms with van der Waals surface area (Å²) in [6.45, 7) is -0.155. The van der Waals surface area contributed by atoms with Gasteiger partial charge >= 0.3 is 0 Å². The lowest BCUT2D eigenvalue weighted by Gasteiger charge is -2.25. The van der Waals surface area contributed by atoms with Gasteiger partial charge in [0.2, 0.25) is 0 Å². The van der Waals surface area contributed by atoms with Crippen LogP contribution in [0.5, 0.6) is 0 Å². The number of benzene rings is 1. The van der Waals surface area contributed by atoms with E-state index in [2.05, 4.69) is 5.10 Å². The van der Waals surface area contributed by atoms with Crippen LogP contribution in [0.15, 0.2) is 65.2 Å². The fourth-order valence-corrected chi connectivity index (χ4v) is 4.29. The van der Waals surface area contributed by atoms with Crippen molar-refractivity contribution in [3.8, 4) is 0 Å². The molecular formula is C22H21FN4O2S. The number of likely N-dealkylation sites (N-methyl/N-ethyl adjacent to an activating group) is 1. The summed E-state index contributed by atoms with van der Waals surface area (Å²) in [5.41, 5.74) is 2.02. The summed E-state index contributed by atoms with van der Waals surface area (Å²) in [7, 11) is 3.46. The summed E-state index contributed by atoms with van der Waals surface area (Å²) in [5, 5.41) is 8.06. The van der Waals surface area contributed by atoms with Crippen LogP contribution in [0.4, 0.5) is 4.39 Å². The number of rotatable bonds is 5. The zero-order chi connectivity index (χ0) is 21.3. The van der Waals surface area contributed by atoms with E-state index in [1.54, 1.807) is 11.3 Å². The Kier molecular flexibility index (Phi) is 5.50. The average molecular weight is 425 g/mol. The van der Waals surface area contributed by atoms with E-state index in [9.17, 15) is 14.0 Å². The quantitative estimate of drug-likeness (QED) is 0.627. The van der Waals surface area contributed by atoms with Crippen LogP contribution in [0.3, 0.4) is 0 Å². The first-order valence-corrected chi connectivity index (χ1v) is 10.4. The molecule has 1 aliphatic heterocycles. The van der Waals surface area contributed by atoms with E-state index in [0.29, 0.717) is 6.42 Å². The molecule has 0 spiro atoms. The molecule has 1 aromatic carbocycles. The molecule has 30 heavy (non-hydrogen) atoms. The van der Waals surface area contributed by atoms with Crippen molar-refractivity contribution >= 4 is 28.9 Å². The number of aryl methyl sites for hydroxylation is 1. The van der Waals surface area contributed by atoms with Crippen LogP contribution in [0.25, 0.3) is 0 Å². The Morgan fingerprint density at radius 1 is 1.23 bits per heavy atom. The minimum absolute atomic E-state index is 0.155. The molecule has 3 aromatic rings. The molecule has 1 atom stereocenters. The normalized spacial score (nSPS) is 15.9. The van der Waals surface area contributed by atoms with E-state index in [1.165, 1.54) is 41.2 Å². The maximum absolute atomic E-state index is 13.5. The van der Waals surface area contributed by atoms with E-state index < -0.39 is 11.7 Å². The number of carbonyl (C=O) groups is 2. The van der Waals surface area contributed by atoms with Crippen LogP contribution in [0, 0.1) is 5.82 Å². The molecule has 8 heteroatoms. The maximum atomic E-state index is 13.5. The van der Waals surface area contributed by atoms with Crippen LogP contribution in [-0.4, -0.2) is 45.6 Å². The van der Waals surface area contributed by atoms with Crippen molar-refractivity contribution < 1.29 is 14.0 Å². The van der Waals surface area contributed by atoms with Gasteiger partial charge < -0.3 is 9.47 Å². The largest absolute Gasteiger partial charge is 0.353 e. The van der Waals surface area contributed by atoms with E-state index in [-0.39, 0.29) is 24.1 Å². The molecule has 4 rings (SSSR count). The second kappa shape index (κ2) is 8.23. The molecule has 0 unspecified atom stereocenters. The maximum Gasteiger partial charge on any atom is 0.262 e. The molecule has 0 saturated heterocycles. The molecule has 0 fully saturated rings. The van der Waals surface area contributed by atoms with E-state index in [4.69, 9.17) is 0 Å². The second-order valence-corrected chi connectivity index (χ2v) is 8.15. The Hall–Kier alpha value is -3.26. The van der Waals surface area contributed by atoms with Crippen molar-refractivity contribution in [3.05, 3.63) is 82.1 Å². The SMILES string of the molecule is CN(CC(=O)N1N=C(c2cccs2)C[C@H]1c1cccn1C)C(=O)c1cccc(F)c1. The fraction of sp³-hybridized carbons (Fsp3) is 0.227. The van der Waals surface area contributed by atoms with Crippen molar-refractivity contribution in [2.24, 2.45) is 12.1 Å². The van der Waals surface area contributed by atoms with E-state index in [1.807, 2.05) is 47.5 Å². The van der Waals surface area contributed by atoms with Gasteiger partial charge in [-0.1, -0.05) is 12.1 Å². The van der Waals surface area contributed by atoms with Crippen LogP contribution in [0.2, 0.25) is 0 Å². The third-order valence-corrected chi connectivity index (χ3v) is 6.01. The van der Waals surface area contributed by atoms with Gasteiger partial charge in [-0.3, -0.25) is 9.59 Å². The predicted octanol–water partition coefficient (Wildman–Crippen LogP) is 3.68. The number of amides is 2. The first-order valence-electron chi connectivity index (χ1n) is 9.49. The predicted molar refractivity (Wildman–Crippen MR) is 114 cm³/mol. The number of hydrogen-bond acceptors (Lipinski definition) is 4. The van der Waals surface area contributed by atoms with Crippen LogP contribution in [-0.2, 0) is 11.8 Å². The molecule has 3 heterocycles. The minimum atomic E-state index is -0.492. The smallest absolute Gasteiger partial charge is 0.262 e. The molecule has 0 saturated carbocycles. The summed E-state index contributed by atoms with van der Waals surface area (Å²) in [6, 6.07) is 13.0. The third-order valence-electron chi connectivity index (χ3n) is 5.09. The molecule has 0 bridgehead atoms. The average Bonchev–Trinajstić information content (AvgIpc) is 3.47. The summed E-state index contributed by atoms with van der Waals surface area (Å²) < 4.78 is 15.4. The number of halogens is 1. The van der Waals surface area contributed by atoms with Gasteiger partial charge in [0, 0.05) is 38.0 Å². The Balaban J connectivity index is 1.56. The zero-order valence-electron chi connectivity index (χ0n) is 16.7. The molecular weight excluding hydrogens is 403 g/mol. The summed E-state index contributed by atoms with van der Waals surface area (Å²) in [5.74, 6) is -1.20. The second-order valence-electron chi connectivity index (χ2n) is 7.20. The molecule has 2 amide bonds. The van der Waals surface area contributed by atoms with Gasteiger partial charge in [0.25, 0.3) is 11.8 Å². The highest BCUT2D eigenvalue weighted by Crippen LogP contribution is 2.33. The van der Waals surface area contributed by atoms with Crippen LogP contribution < -0.4 is 0 Å². The standard InChI is InChI=1S/C22H21FN4O2S/c1-25-10-4-8-18(25)19-13-17(20-9-5-11-30-20)24-27(19)21(28)14-26(2)22(29)15-6-3-7-16(23)12-15/h3-12,19H,13-14H2,1-2H3/t19-/m0/s1. The van der Waals surface area contributed by atoms with Crippen molar-refractivity contribution in [2.75, 3.05) is 13.6 Å². The van der Waals surface area contributed by atoms with Gasteiger partial charge in [0.1, 0.15) is 18.4 Å². The van der Waals surface area contributed by atoms with Crippen molar-refractivity contribution in [1.82, 2.24) is 14.5 Å². The van der Waals surface area contributed by atoms with Gasteiger partial charge in [-0.2, -0.15) is 5.10 Å². The lowest BCUT2D eigenvalue weighted by molar-refractivity contribution is -0.133. The minimum Gasteiger partial charge on any atom is -0.353 e. The van der Waals surface area contributed by atoms with Crippen molar-refractivity contribution in [3.63, 3.8) is 0 Å². The lowest BCUT2D eigenvalue weighted by atomic mass is 10.1. The van der Waals surface area contributed by atoms with Crippen molar-refractivity contribution in [2.45, 2.75) is 12.5 Å². The highest BCUT2D eigenvalue weighted by atomic mass is 32.1. The number of nitrogens with zero attached hydrogens (tertiary/aromatic N) is 4. The van der Waals surface area contributed by atoms with Gasteiger partial charge in [-0.25, -0.2) is 9.40 Å². The highest BCUT2D eigenvalue weighted by molar-refractivity contribution is 7.12. The molecule has 0 N–H and O–H groups in total. The Morgan fingerprint density at radius 2 is 2.07 bits per heavy atom. The van der Waals surface area contributed by atoms with Gasteiger partial charge in [0.15, 0.2) is 0 Å². The Labute approximate surface area is 177 Å². The van der Waals surface area contributed by atoms with Gasteiger partial charge in [-0.05, 0) is 41.8 Å². The lowest BCUT2D eigenvalue weighted by Crippen LogP contribution is -2.39. The molecule has 0 aliphatic carbocycles. The van der Waals surface area contributed by atoms with E-state index in [0.717, 1.165) is 16.3 Å². The molecule has 1 aliphatic rings. The summed E-state index contributed by atoms with van der Waals surface area (Å²) in [6.07, 6.45) is 2.53. The molecule has 6 nitrogen and oxygen atoms in total. The molecule has 154 valence electrons. The zero-order valence-corrected chi connectivity index (χ0v) is 17.5. The topological polar surface area (TPSA) is 57.9 Å². The summed E-state index contributed by atoms with van der Waals surface area (Å²) >= 11 is 1.58. The fourth-order valence-electron chi connectivity index (χ4n) is 3.57. The monoisotopic (exact) mass is 424 g/mol. The van der Waals surface area contributed by atoms with Crippen LogP contribution >= 0.6 is 11.3 Å². The number of thiophene rings is 1. The molecule has 0 radical (unpaired) electrons. The highest BCUT2D eigenvalue weighted by Gasteiger charge is 2.35. The van der Waals surface area contributed by atoms with Gasteiger partial charge in [-0.15, -0.1) is 11.3 Å². The number of aromatic nitrogens is 1. The summed E-state index contributed by atoms with van der Waals surface area (Å²) in [4.78, 5) is 28.1. The van der Waals surface area contributed by atoms with Crippen molar-refractivity contribution in [1.29, 1.82) is 0 Å². The third kappa shape index (κ3) is 3.91. The van der Waals surface area contributed by atoms with Crippen LogP contribution in [0.1, 0.15) is 33.4 Å². The van der Waals surface area contributed by atoms with E-state index >= 15 is 0 Å². The number of carbonyl (C=O) groups excluding carboxylic acids is 2. The first kappa shape index (κ1) is 20.0. The Bertz CT molecular complexity index is 1110. The molecule has 2 aromatic heterocycles. The Morgan fingerprint density at radius 3 is 2.73 bits per heavy atom. The van der Waals surface area contributed by atoms with Gasteiger partial charge in [0.05, 0.1) is 10.6 Å². The first-order chi connectivity index (χ1) is 14.4. The number of hydrazone groups is 1. The number of hydrogen-bond donors (Lipinski definition) is 0.